The van der Waals surface area contributed by atoms with Crippen LogP contribution in [0.2, 0.25) is 0 Å². The summed E-state index contributed by atoms with van der Waals surface area (Å²) in [4.78, 5) is 5.17. The molecule has 1 saturated carbocycles. The summed E-state index contributed by atoms with van der Waals surface area (Å²) in [5, 5.41) is 0. The molecule has 2 rings (SSSR count). The van der Waals surface area contributed by atoms with Crippen molar-refractivity contribution in [3.8, 4) is 0 Å². The van der Waals surface area contributed by atoms with E-state index in [4.69, 9.17) is 0 Å². The Hall–Kier alpha value is -0.0800. The Balaban J connectivity index is 2.03. The maximum absolute atomic E-state index is 2.66. The molecule has 0 radical (unpaired) electrons. The van der Waals surface area contributed by atoms with Gasteiger partial charge in [-0.3, -0.25) is 4.90 Å². The van der Waals surface area contributed by atoms with Crippen LogP contribution in [0.15, 0.2) is 0 Å². The second-order valence-corrected chi connectivity index (χ2v) is 5.22. The Kier molecular flexibility index (Phi) is 1.74. The lowest BCUT2D eigenvalue weighted by molar-refractivity contribution is 0.0682. The predicted molar refractivity (Wildman–Crippen MR) is 51.3 cm³/mol. The predicted octanol–water partition coefficient (Wildman–Crippen LogP) is 1.17. The highest BCUT2D eigenvalue weighted by Gasteiger charge is 2.50. The Morgan fingerprint density at radius 2 is 1.75 bits per heavy atom. The molecule has 1 aliphatic heterocycles. The van der Waals surface area contributed by atoms with Gasteiger partial charge in [0.15, 0.2) is 0 Å². The molecule has 1 aliphatic carbocycles. The number of fused-ring (bicyclic) bond motifs is 1. The minimum Gasteiger partial charge on any atom is -0.301 e. The fourth-order valence-corrected chi connectivity index (χ4v) is 2.41. The largest absolute Gasteiger partial charge is 0.301 e. The van der Waals surface area contributed by atoms with Crippen LogP contribution < -0.4 is 0 Å². The van der Waals surface area contributed by atoms with Gasteiger partial charge in [0.2, 0.25) is 0 Å². The quantitative estimate of drug-likeness (QED) is 0.536. The number of piperazine rings is 1. The summed E-state index contributed by atoms with van der Waals surface area (Å²) in [6.45, 7) is 9.48. The van der Waals surface area contributed by atoms with Gasteiger partial charge in [-0.05, 0) is 34.2 Å². The molecule has 0 amide bonds. The van der Waals surface area contributed by atoms with Gasteiger partial charge in [-0.2, -0.15) is 0 Å². The van der Waals surface area contributed by atoms with E-state index in [0.717, 1.165) is 12.1 Å². The smallest absolute Gasteiger partial charge is 0.0273 e. The number of nitrogens with zero attached hydrogens (tertiary/aromatic N) is 2. The highest BCUT2D eigenvalue weighted by molar-refractivity contribution is 5.07. The maximum Gasteiger partial charge on any atom is 0.0273 e. The average Bonchev–Trinajstić information content (AvgIpc) is 2.64. The molecule has 0 aromatic rings. The third-order valence-electron chi connectivity index (χ3n) is 3.25. The molecule has 0 aromatic carbocycles. The van der Waals surface area contributed by atoms with E-state index in [-0.39, 0.29) is 0 Å². The van der Waals surface area contributed by atoms with Crippen molar-refractivity contribution in [2.75, 3.05) is 20.1 Å². The van der Waals surface area contributed by atoms with Gasteiger partial charge in [-0.1, -0.05) is 0 Å². The standard InChI is InChI=1S/C10H20N2/c1-10(2,3)12-6-5-11(4)8-7-9(8)12/h8-9H,5-7H2,1-4H3. The molecule has 2 atom stereocenters. The highest BCUT2D eigenvalue weighted by Crippen LogP contribution is 2.39. The van der Waals surface area contributed by atoms with E-state index in [1.807, 2.05) is 0 Å². The number of rotatable bonds is 0. The van der Waals surface area contributed by atoms with E-state index in [1.54, 1.807) is 0 Å². The first-order valence-corrected chi connectivity index (χ1v) is 4.97. The van der Waals surface area contributed by atoms with E-state index in [2.05, 4.69) is 37.6 Å². The van der Waals surface area contributed by atoms with Gasteiger partial charge in [-0.15, -0.1) is 0 Å². The van der Waals surface area contributed by atoms with Crippen molar-refractivity contribution >= 4 is 0 Å². The van der Waals surface area contributed by atoms with Gasteiger partial charge in [0.25, 0.3) is 0 Å². The van der Waals surface area contributed by atoms with Crippen LogP contribution in [0.25, 0.3) is 0 Å². The number of likely N-dealkylation sites (N-methyl/N-ethyl adjacent to an activating group) is 1. The van der Waals surface area contributed by atoms with Crippen molar-refractivity contribution in [1.29, 1.82) is 0 Å². The molecule has 0 aromatic heterocycles. The summed E-state index contributed by atoms with van der Waals surface area (Å²) >= 11 is 0. The molecule has 2 aliphatic rings. The summed E-state index contributed by atoms with van der Waals surface area (Å²) in [6.07, 6.45) is 1.40. The zero-order chi connectivity index (χ0) is 8.93. The first-order chi connectivity index (χ1) is 5.50. The fourth-order valence-electron chi connectivity index (χ4n) is 2.41. The van der Waals surface area contributed by atoms with Crippen LogP contribution in [0.1, 0.15) is 27.2 Å². The molecule has 0 spiro atoms. The molecule has 2 fully saturated rings. The summed E-state index contributed by atoms with van der Waals surface area (Å²) < 4.78 is 0. The summed E-state index contributed by atoms with van der Waals surface area (Å²) in [5.74, 6) is 0. The molecule has 2 heteroatoms. The lowest BCUT2D eigenvalue weighted by Crippen LogP contribution is -2.52. The zero-order valence-corrected chi connectivity index (χ0v) is 8.67. The van der Waals surface area contributed by atoms with Crippen molar-refractivity contribution in [1.82, 2.24) is 9.80 Å². The molecule has 0 N–H and O–H groups in total. The summed E-state index contributed by atoms with van der Waals surface area (Å²) in [7, 11) is 2.25. The molecule has 2 nitrogen and oxygen atoms in total. The second-order valence-electron chi connectivity index (χ2n) is 5.22. The van der Waals surface area contributed by atoms with E-state index >= 15 is 0 Å². The second kappa shape index (κ2) is 2.46. The molecule has 0 bridgehead atoms. The Bertz CT molecular complexity index is 183. The van der Waals surface area contributed by atoms with E-state index in [9.17, 15) is 0 Å². The summed E-state index contributed by atoms with van der Waals surface area (Å²) in [6, 6.07) is 1.74. The van der Waals surface area contributed by atoms with Crippen LogP contribution in [-0.2, 0) is 0 Å². The van der Waals surface area contributed by atoms with Crippen molar-refractivity contribution in [2.24, 2.45) is 0 Å². The van der Waals surface area contributed by atoms with Crippen molar-refractivity contribution in [3.63, 3.8) is 0 Å². The average molecular weight is 168 g/mol. The molecule has 12 heavy (non-hydrogen) atoms. The topological polar surface area (TPSA) is 6.48 Å². The Labute approximate surface area is 75.5 Å². The molecule has 1 saturated heterocycles. The molecular weight excluding hydrogens is 148 g/mol. The van der Waals surface area contributed by atoms with E-state index in [1.165, 1.54) is 19.5 Å². The first kappa shape index (κ1) is 8.52. The van der Waals surface area contributed by atoms with Crippen LogP contribution >= 0.6 is 0 Å². The van der Waals surface area contributed by atoms with E-state index < -0.39 is 0 Å². The first-order valence-electron chi connectivity index (χ1n) is 4.97. The molecular formula is C10H20N2. The maximum atomic E-state index is 2.66. The normalized spacial score (nSPS) is 38.0. The van der Waals surface area contributed by atoms with Crippen LogP contribution in [0.3, 0.4) is 0 Å². The third-order valence-corrected chi connectivity index (χ3v) is 3.25. The molecule has 70 valence electrons. The number of hydrogen-bond donors (Lipinski definition) is 0. The molecule has 1 heterocycles. The van der Waals surface area contributed by atoms with Crippen LogP contribution in [-0.4, -0.2) is 47.6 Å². The molecule has 2 unspecified atom stereocenters. The SMILES string of the molecule is CN1CCN(C(C)(C)C)C2CC21. The van der Waals surface area contributed by atoms with Crippen LogP contribution in [0.5, 0.6) is 0 Å². The van der Waals surface area contributed by atoms with Crippen molar-refractivity contribution in [3.05, 3.63) is 0 Å². The lowest BCUT2D eigenvalue weighted by atomic mass is 10.0. The monoisotopic (exact) mass is 168 g/mol. The van der Waals surface area contributed by atoms with E-state index in [0.29, 0.717) is 5.54 Å². The van der Waals surface area contributed by atoms with Crippen LogP contribution in [0.4, 0.5) is 0 Å². The van der Waals surface area contributed by atoms with Gasteiger partial charge in [0.1, 0.15) is 0 Å². The zero-order valence-electron chi connectivity index (χ0n) is 8.67. The fraction of sp³-hybridized carbons (Fsp3) is 1.00. The third kappa shape index (κ3) is 1.27. The van der Waals surface area contributed by atoms with Gasteiger partial charge in [-0.25, -0.2) is 0 Å². The minimum atomic E-state index is 0.376. The van der Waals surface area contributed by atoms with Crippen molar-refractivity contribution < 1.29 is 0 Å². The van der Waals surface area contributed by atoms with Gasteiger partial charge in [0, 0.05) is 30.7 Å². The highest BCUT2D eigenvalue weighted by atomic mass is 15.4. The minimum absolute atomic E-state index is 0.376. The van der Waals surface area contributed by atoms with Crippen LogP contribution in [0, 0.1) is 0 Å². The Morgan fingerprint density at radius 1 is 1.08 bits per heavy atom. The lowest BCUT2D eigenvalue weighted by Gasteiger charge is -2.41. The summed E-state index contributed by atoms with van der Waals surface area (Å²) in [5.41, 5.74) is 0.376. The van der Waals surface area contributed by atoms with Gasteiger partial charge >= 0.3 is 0 Å². The van der Waals surface area contributed by atoms with Crippen molar-refractivity contribution in [2.45, 2.75) is 44.8 Å². The number of hydrogen-bond acceptors (Lipinski definition) is 2. The Morgan fingerprint density at radius 3 is 2.33 bits per heavy atom. The van der Waals surface area contributed by atoms with Gasteiger partial charge in [0.05, 0.1) is 0 Å². The van der Waals surface area contributed by atoms with Gasteiger partial charge < -0.3 is 4.90 Å².